The van der Waals surface area contributed by atoms with Crippen molar-refractivity contribution >= 4 is 15.9 Å². The molecule has 0 saturated heterocycles. The Morgan fingerprint density at radius 2 is 2.25 bits per heavy atom. The first kappa shape index (κ1) is 15.0. The molecular weight excluding hydrogens is 324 g/mol. The van der Waals surface area contributed by atoms with E-state index in [-0.39, 0.29) is 6.61 Å². The number of nitrogens with zero attached hydrogens (tertiary/aromatic N) is 2. The van der Waals surface area contributed by atoms with Gasteiger partial charge in [-0.2, -0.15) is 4.98 Å². The van der Waals surface area contributed by atoms with E-state index in [0.29, 0.717) is 23.0 Å². The van der Waals surface area contributed by atoms with Gasteiger partial charge in [-0.15, -0.1) is 0 Å². The molecule has 2 aromatic rings. The lowest BCUT2D eigenvalue weighted by molar-refractivity contribution is 0.185. The van der Waals surface area contributed by atoms with Crippen molar-refractivity contribution < 1.29 is 14.4 Å². The van der Waals surface area contributed by atoms with Gasteiger partial charge in [-0.05, 0) is 31.5 Å². The Bertz CT molecular complexity index is 569. The van der Waals surface area contributed by atoms with E-state index in [1.54, 1.807) is 13.0 Å². The van der Waals surface area contributed by atoms with Crippen LogP contribution in [0, 0.1) is 0 Å². The number of aliphatic hydroxyl groups excluding tert-OH is 1. The second-order valence-corrected chi connectivity index (χ2v) is 5.42. The maximum Gasteiger partial charge on any atom is 0.264 e. The topological polar surface area (TPSA) is 68.4 Å². The molecular formula is C14H17BrN2O3. The molecule has 0 bridgehead atoms. The summed E-state index contributed by atoms with van der Waals surface area (Å²) in [6.07, 6.45) is 1.15. The number of hydrogen-bond acceptors (Lipinski definition) is 5. The third-order valence-electron chi connectivity index (χ3n) is 2.76. The normalized spacial score (nSPS) is 12.4. The third-order valence-corrected chi connectivity index (χ3v) is 3.25. The highest BCUT2D eigenvalue weighted by Crippen LogP contribution is 2.29. The average Bonchev–Trinajstić information content (AvgIpc) is 2.85. The van der Waals surface area contributed by atoms with Crippen molar-refractivity contribution in [2.75, 3.05) is 0 Å². The Morgan fingerprint density at radius 1 is 1.45 bits per heavy atom. The predicted molar refractivity (Wildman–Crippen MR) is 77.4 cm³/mol. The van der Waals surface area contributed by atoms with E-state index in [0.717, 1.165) is 17.3 Å². The van der Waals surface area contributed by atoms with Crippen LogP contribution in [0.25, 0.3) is 0 Å². The number of halogens is 1. The fourth-order valence-electron chi connectivity index (χ4n) is 1.79. The summed E-state index contributed by atoms with van der Waals surface area (Å²) < 4.78 is 11.7. The van der Waals surface area contributed by atoms with Crippen molar-refractivity contribution in [1.82, 2.24) is 10.1 Å². The molecule has 0 amide bonds. The lowest BCUT2D eigenvalue weighted by atomic mass is 10.1. The summed E-state index contributed by atoms with van der Waals surface area (Å²) >= 11 is 3.37. The molecule has 0 saturated carbocycles. The maximum atomic E-state index is 9.75. The minimum atomic E-state index is -0.610. The lowest BCUT2D eigenvalue weighted by Gasteiger charge is -2.12. The first-order valence-electron chi connectivity index (χ1n) is 6.52. The van der Waals surface area contributed by atoms with Gasteiger partial charge in [0.05, 0.1) is 6.10 Å². The second kappa shape index (κ2) is 6.85. The quantitative estimate of drug-likeness (QED) is 0.872. The number of aliphatic hydroxyl groups is 1. The first-order valence-corrected chi connectivity index (χ1v) is 7.31. The van der Waals surface area contributed by atoms with E-state index in [1.165, 1.54) is 0 Å². The molecule has 0 radical (unpaired) electrons. The van der Waals surface area contributed by atoms with Gasteiger partial charge in [0.2, 0.25) is 0 Å². The van der Waals surface area contributed by atoms with Gasteiger partial charge in [0.15, 0.2) is 12.4 Å². The van der Waals surface area contributed by atoms with Crippen LogP contribution < -0.4 is 4.74 Å². The average molecular weight is 341 g/mol. The molecule has 0 aliphatic carbocycles. The predicted octanol–water partition coefficient (Wildman–Crippen LogP) is 3.42. The molecule has 0 fully saturated rings. The van der Waals surface area contributed by atoms with E-state index in [1.807, 2.05) is 12.1 Å². The van der Waals surface area contributed by atoms with Gasteiger partial charge in [0.1, 0.15) is 5.75 Å². The molecule has 0 unspecified atom stereocenters. The van der Waals surface area contributed by atoms with Crippen LogP contribution in [-0.2, 0) is 13.0 Å². The summed E-state index contributed by atoms with van der Waals surface area (Å²) in [7, 11) is 0. The Kier molecular flexibility index (Phi) is 5.14. The zero-order chi connectivity index (χ0) is 14.5. The van der Waals surface area contributed by atoms with Crippen LogP contribution in [0.3, 0.4) is 0 Å². The number of benzene rings is 1. The van der Waals surface area contributed by atoms with Gasteiger partial charge in [0.25, 0.3) is 5.89 Å². The van der Waals surface area contributed by atoms with Crippen LogP contribution in [0.5, 0.6) is 5.75 Å². The summed E-state index contributed by atoms with van der Waals surface area (Å²) in [4.78, 5) is 4.23. The summed E-state index contributed by atoms with van der Waals surface area (Å²) in [6.45, 7) is 3.95. The number of ether oxygens (including phenoxy) is 1. The monoisotopic (exact) mass is 340 g/mol. The molecule has 2 rings (SSSR count). The Hall–Kier alpha value is -1.40. The largest absolute Gasteiger partial charge is 0.483 e. The molecule has 1 aromatic heterocycles. The molecule has 1 aromatic carbocycles. The Labute approximate surface area is 126 Å². The molecule has 0 spiro atoms. The third kappa shape index (κ3) is 3.80. The van der Waals surface area contributed by atoms with E-state index in [9.17, 15) is 5.11 Å². The Morgan fingerprint density at radius 3 is 2.95 bits per heavy atom. The number of rotatable bonds is 6. The van der Waals surface area contributed by atoms with Gasteiger partial charge in [0, 0.05) is 16.5 Å². The summed E-state index contributed by atoms with van der Waals surface area (Å²) in [5, 5.41) is 13.6. The molecule has 108 valence electrons. The molecule has 1 heterocycles. The van der Waals surface area contributed by atoms with Crippen molar-refractivity contribution in [2.24, 2.45) is 0 Å². The highest BCUT2D eigenvalue weighted by Gasteiger charge is 2.12. The van der Waals surface area contributed by atoms with Gasteiger partial charge in [-0.3, -0.25) is 0 Å². The molecule has 20 heavy (non-hydrogen) atoms. The van der Waals surface area contributed by atoms with Crippen molar-refractivity contribution in [3.05, 3.63) is 40.0 Å². The summed E-state index contributed by atoms with van der Waals surface area (Å²) in [5.41, 5.74) is 0.715. The smallest absolute Gasteiger partial charge is 0.264 e. The van der Waals surface area contributed by atoms with E-state index < -0.39 is 6.10 Å². The lowest BCUT2D eigenvalue weighted by Crippen LogP contribution is -2.01. The number of aryl methyl sites for hydroxylation is 1. The van der Waals surface area contributed by atoms with Crippen LogP contribution in [0.1, 0.15) is 43.7 Å². The van der Waals surface area contributed by atoms with Gasteiger partial charge < -0.3 is 14.4 Å². The molecule has 1 N–H and O–H groups in total. The molecule has 1 atom stereocenters. The van der Waals surface area contributed by atoms with Crippen molar-refractivity contribution in [2.45, 2.75) is 39.4 Å². The number of hydrogen-bond donors (Lipinski definition) is 1. The maximum absolute atomic E-state index is 9.75. The van der Waals surface area contributed by atoms with Crippen molar-refractivity contribution in [3.63, 3.8) is 0 Å². The van der Waals surface area contributed by atoms with Crippen molar-refractivity contribution in [3.8, 4) is 5.75 Å². The van der Waals surface area contributed by atoms with Gasteiger partial charge in [-0.25, -0.2) is 0 Å². The molecule has 5 nitrogen and oxygen atoms in total. The van der Waals surface area contributed by atoms with E-state index >= 15 is 0 Å². The van der Waals surface area contributed by atoms with Crippen LogP contribution >= 0.6 is 15.9 Å². The first-order chi connectivity index (χ1) is 9.60. The fraction of sp³-hybridized carbons (Fsp3) is 0.429. The molecule has 0 aliphatic heterocycles. The minimum absolute atomic E-state index is 0.193. The second-order valence-electron chi connectivity index (χ2n) is 4.50. The summed E-state index contributed by atoms with van der Waals surface area (Å²) in [5.74, 6) is 1.74. The van der Waals surface area contributed by atoms with Gasteiger partial charge in [-0.1, -0.05) is 28.0 Å². The van der Waals surface area contributed by atoms with Gasteiger partial charge >= 0.3 is 0 Å². The number of aromatic nitrogens is 2. The minimum Gasteiger partial charge on any atom is -0.483 e. The standard InChI is InChI=1S/C14H17BrN2O3/c1-3-4-13-16-14(20-17-13)8-19-12-6-5-10(15)7-11(12)9(2)18/h5-7,9,18H,3-4,8H2,1-2H3/t9-/m0/s1. The molecule has 0 aliphatic rings. The van der Waals surface area contributed by atoms with Crippen LogP contribution in [-0.4, -0.2) is 15.2 Å². The van der Waals surface area contributed by atoms with Crippen LogP contribution in [0.2, 0.25) is 0 Å². The SMILES string of the molecule is CCCc1noc(COc2ccc(Br)cc2[C@H](C)O)n1. The fourth-order valence-corrected chi connectivity index (χ4v) is 2.17. The highest BCUT2D eigenvalue weighted by molar-refractivity contribution is 9.10. The molecule has 6 heteroatoms. The van der Waals surface area contributed by atoms with Crippen LogP contribution in [0.15, 0.2) is 27.2 Å². The zero-order valence-corrected chi connectivity index (χ0v) is 13.1. The van der Waals surface area contributed by atoms with Crippen molar-refractivity contribution in [1.29, 1.82) is 0 Å². The van der Waals surface area contributed by atoms with E-state index in [4.69, 9.17) is 9.26 Å². The van der Waals surface area contributed by atoms with Crippen LogP contribution in [0.4, 0.5) is 0 Å². The Balaban J connectivity index is 2.06. The zero-order valence-electron chi connectivity index (χ0n) is 11.5. The highest BCUT2D eigenvalue weighted by atomic mass is 79.9. The summed E-state index contributed by atoms with van der Waals surface area (Å²) in [6, 6.07) is 5.49. The van der Waals surface area contributed by atoms with E-state index in [2.05, 4.69) is 33.0 Å².